The van der Waals surface area contributed by atoms with E-state index < -0.39 is 0 Å². The minimum atomic E-state index is -0.0335. The van der Waals surface area contributed by atoms with Gasteiger partial charge in [-0.15, -0.1) is 0 Å². The van der Waals surface area contributed by atoms with Crippen LogP contribution in [0.1, 0.15) is 112 Å². The van der Waals surface area contributed by atoms with Crippen LogP contribution in [0.2, 0.25) is 0 Å². The van der Waals surface area contributed by atoms with Crippen molar-refractivity contribution in [2.75, 3.05) is 20.2 Å². The highest BCUT2D eigenvalue weighted by Crippen LogP contribution is 2.68. The molecule has 198 valence electrons. The Labute approximate surface area is 210 Å². The third-order valence-corrected chi connectivity index (χ3v) is 11.1. The molecule has 0 aromatic rings. The van der Waals surface area contributed by atoms with Crippen LogP contribution in [0.15, 0.2) is 0 Å². The van der Waals surface area contributed by atoms with E-state index in [1.165, 1.54) is 71.3 Å². The van der Waals surface area contributed by atoms with Crippen LogP contribution in [0.4, 0.5) is 0 Å². The molecule has 4 fully saturated rings. The van der Waals surface area contributed by atoms with E-state index in [0.717, 1.165) is 49.1 Å². The first-order valence-electron chi connectivity index (χ1n) is 14.7. The molecule has 0 bridgehead atoms. The van der Waals surface area contributed by atoms with E-state index in [2.05, 4.69) is 39.9 Å². The number of methoxy groups -OCH3 is 1. The molecule has 0 amide bonds. The van der Waals surface area contributed by atoms with Gasteiger partial charge in [-0.3, -0.25) is 4.79 Å². The second-order valence-corrected chi connectivity index (χ2v) is 13.1. The number of carbonyl (C=O) groups is 1. The van der Waals surface area contributed by atoms with Crippen LogP contribution < -0.4 is 11.1 Å². The summed E-state index contributed by atoms with van der Waals surface area (Å²) in [5.74, 6) is 5.38. The molecule has 0 aromatic heterocycles. The maximum Gasteiger partial charge on any atom is 0.305 e. The van der Waals surface area contributed by atoms with Gasteiger partial charge in [0.25, 0.3) is 0 Å². The summed E-state index contributed by atoms with van der Waals surface area (Å²) in [4.78, 5) is 11.6. The quantitative estimate of drug-likeness (QED) is 0.408. The molecule has 8 atom stereocenters. The topological polar surface area (TPSA) is 64.3 Å². The lowest BCUT2D eigenvalue weighted by Gasteiger charge is -2.61. The van der Waals surface area contributed by atoms with E-state index in [-0.39, 0.29) is 5.97 Å². The molecule has 4 heteroatoms. The monoisotopic (exact) mass is 476 g/mol. The molecule has 8 unspecified atom stereocenters. The fourth-order valence-corrected chi connectivity index (χ4v) is 9.29. The summed E-state index contributed by atoms with van der Waals surface area (Å²) in [7, 11) is 1.52. The molecular formula is C30H56N2O2. The normalized spacial score (nSPS) is 39.8. The molecule has 0 aliphatic heterocycles. The van der Waals surface area contributed by atoms with Crippen molar-refractivity contribution in [3.63, 3.8) is 0 Å². The van der Waals surface area contributed by atoms with E-state index >= 15 is 0 Å². The molecule has 4 saturated carbocycles. The zero-order chi connectivity index (χ0) is 24.9. The number of hydrogen-bond donors (Lipinski definition) is 2. The highest BCUT2D eigenvalue weighted by molar-refractivity contribution is 5.69. The molecule has 0 radical (unpaired) electrons. The van der Waals surface area contributed by atoms with Gasteiger partial charge in [0, 0.05) is 25.6 Å². The molecule has 34 heavy (non-hydrogen) atoms. The van der Waals surface area contributed by atoms with E-state index in [9.17, 15) is 4.79 Å². The maximum atomic E-state index is 11.6. The van der Waals surface area contributed by atoms with Crippen LogP contribution in [0, 0.1) is 46.3 Å². The summed E-state index contributed by atoms with van der Waals surface area (Å²) in [5.41, 5.74) is 6.39. The van der Waals surface area contributed by atoms with Crippen LogP contribution in [-0.2, 0) is 9.53 Å². The summed E-state index contributed by atoms with van der Waals surface area (Å²) in [5, 5.41) is 3.17. The lowest BCUT2D eigenvalue weighted by molar-refractivity contribution is -0.141. The Morgan fingerprint density at radius 3 is 2.35 bits per heavy atom. The van der Waals surface area contributed by atoms with Crippen LogP contribution in [-0.4, -0.2) is 32.2 Å². The number of hydrogen-bond acceptors (Lipinski definition) is 4. The Morgan fingerprint density at radius 2 is 1.71 bits per heavy atom. The number of fused-ring (bicyclic) bond motifs is 5. The van der Waals surface area contributed by atoms with Gasteiger partial charge in [0.2, 0.25) is 0 Å². The Balaban J connectivity index is 0.000000406. The molecule has 0 spiro atoms. The van der Waals surface area contributed by atoms with Crippen molar-refractivity contribution in [3.8, 4) is 0 Å². The van der Waals surface area contributed by atoms with Crippen LogP contribution in [0.3, 0.4) is 0 Å². The van der Waals surface area contributed by atoms with Crippen LogP contribution in [0.25, 0.3) is 0 Å². The summed E-state index contributed by atoms with van der Waals surface area (Å²) in [6, 6.07) is 0.573. The van der Waals surface area contributed by atoms with Crippen LogP contribution in [0.5, 0.6) is 0 Å². The lowest BCUT2D eigenvalue weighted by Crippen LogP contribution is -2.53. The Morgan fingerprint density at radius 1 is 0.971 bits per heavy atom. The number of ether oxygens (including phenoxy) is 1. The van der Waals surface area contributed by atoms with Gasteiger partial charge in [-0.05, 0) is 104 Å². The molecule has 0 aromatic carbocycles. The van der Waals surface area contributed by atoms with Gasteiger partial charge < -0.3 is 15.8 Å². The molecule has 0 saturated heterocycles. The van der Waals surface area contributed by atoms with E-state index in [1.54, 1.807) is 0 Å². The summed E-state index contributed by atoms with van der Waals surface area (Å²) in [6.45, 7) is 13.6. The van der Waals surface area contributed by atoms with Crippen molar-refractivity contribution >= 4 is 5.97 Å². The van der Waals surface area contributed by atoms with Gasteiger partial charge in [0.15, 0.2) is 0 Å². The predicted octanol–water partition coefficient (Wildman–Crippen LogP) is 6.57. The standard InChI is InChI=1S/C25H42O2.C5H14N2/c1-17(8-13-23(26)27-4)20-11-12-21-19-10-9-18-7-5-6-15-24(18,2)22(19)14-16-25(20,21)3;1-5(2)7-4-3-6/h17-22H,5-16H2,1-4H3;5,7H,3-4,6H2,1-2H3. The second kappa shape index (κ2) is 12.1. The van der Waals surface area contributed by atoms with Crippen molar-refractivity contribution in [2.24, 2.45) is 52.1 Å². The molecule has 0 heterocycles. The first-order chi connectivity index (χ1) is 16.2. The smallest absolute Gasteiger partial charge is 0.305 e. The van der Waals surface area contributed by atoms with Gasteiger partial charge >= 0.3 is 5.97 Å². The maximum absolute atomic E-state index is 11.6. The van der Waals surface area contributed by atoms with Gasteiger partial charge in [-0.1, -0.05) is 47.5 Å². The molecule has 3 N–H and O–H groups in total. The highest BCUT2D eigenvalue weighted by atomic mass is 16.5. The molecule has 4 nitrogen and oxygen atoms in total. The number of rotatable bonds is 7. The summed E-state index contributed by atoms with van der Waals surface area (Å²) < 4.78 is 4.89. The van der Waals surface area contributed by atoms with Crippen molar-refractivity contribution in [3.05, 3.63) is 0 Å². The molecule has 4 rings (SSSR count). The largest absolute Gasteiger partial charge is 0.469 e. The average molecular weight is 477 g/mol. The Kier molecular flexibility index (Phi) is 9.94. The first kappa shape index (κ1) is 28.0. The van der Waals surface area contributed by atoms with Crippen molar-refractivity contribution < 1.29 is 9.53 Å². The van der Waals surface area contributed by atoms with E-state index in [1.807, 2.05) is 0 Å². The summed E-state index contributed by atoms with van der Waals surface area (Å²) >= 11 is 0. The first-order valence-corrected chi connectivity index (χ1v) is 14.7. The number of esters is 1. The fourth-order valence-electron chi connectivity index (χ4n) is 9.29. The summed E-state index contributed by atoms with van der Waals surface area (Å²) in [6.07, 6.45) is 16.4. The van der Waals surface area contributed by atoms with Crippen molar-refractivity contribution in [1.82, 2.24) is 5.32 Å². The SMILES string of the molecule is CC(C)NCCN.COC(=O)CCC(C)C1CCC2C3CCC4CCCCC4(C)C3CCC12C. The van der Waals surface area contributed by atoms with Crippen LogP contribution >= 0.6 is 0 Å². The Bertz CT molecular complexity index is 652. The van der Waals surface area contributed by atoms with Crippen molar-refractivity contribution in [2.45, 2.75) is 118 Å². The predicted molar refractivity (Wildman–Crippen MR) is 142 cm³/mol. The fraction of sp³-hybridized carbons (Fsp3) is 0.967. The highest BCUT2D eigenvalue weighted by Gasteiger charge is 2.60. The van der Waals surface area contributed by atoms with E-state index in [4.69, 9.17) is 10.5 Å². The van der Waals surface area contributed by atoms with Gasteiger partial charge in [-0.2, -0.15) is 0 Å². The van der Waals surface area contributed by atoms with E-state index in [0.29, 0.717) is 29.2 Å². The zero-order valence-corrected chi connectivity index (χ0v) is 23.3. The minimum Gasteiger partial charge on any atom is -0.469 e. The van der Waals surface area contributed by atoms with Gasteiger partial charge in [0.05, 0.1) is 7.11 Å². The Hall–Kier alpha value is -0.610. The lowest BCUT2D eigenvalue weighted by atomic mass is 9.44. The van der Waals surface area contributed by atoms with Gasteiger partial charge in [0.1, 0.15) is 0 Å². The van der Waals surface area contributed by atoms with Gasteiger partial charge in [-0.25, -0.2) is 0 Å². The zero-order valence-electron chi connectivity index (χ0n) is 23.3. The minimum absolute atomic E-state index is 0.0335. The molecule has 4 aliphatic rings. The van der Waals surface area contributed by atoms with Crippen molar-refractivity contribution in [1.29, 1.82) is 0 Å². The third kappa shape index (κ3) is 5.85. The number of nitrogens with two attached hydrogens (primary N) is 1. The average Bonchev–Trinajstić information content (AvgIpc) is 3.18. The second-order valence-electron chi connectivity index (χ2n) is 13.1. The molecular weight excluding hydrogens is 420 g/mol. The third-order valence-electron chi connectivity index (χ3n) is 11.1. The number of nitrogens with one attached hydrogen (secondary N) is 1. The number of carbonyl (C=O) groups excluding carboxylic acids is 1. The molecule has 4 aliphatic carbocycles.